The van der Waals surface area contributed by atoms with Gasteiger partial charge in [0.1, 0.15) is 5.75 Å². The van der Waals surface area contributed by atoms with Crippen LogP contribution in [0.25, 0.3) is 0 Å². The minimum absolute atomic E-state index is 0.149. The van der Waals surface area contributed by atoms with E-state index in [0.29, 0.717) is 6.42 Å². The van der Waals surface area contributed by atoms with Crippen molar-refractivity contribution in [2.75, 3.05) is 32.8 Å². The van der Waals surface area contributed by atoms with Gasteiger partial charge in [-0.15, -0.1) is 0 Å². The summed E-state index contributed by atoms with van der Waals surface area (Å²) in [6, 6.07) is 5.46. The predicted octanol–water partition coefficient (Wildman–Crippen LogP) is 1.48. The standard InChI is InChI=1S/C13H19BrN2O2/c14-12-2-1-10(18)9-11(12)13(3-8-17)16-6-4-15-5-7-16/h1-2,9,13,15,17-18H,3-8H2/t13-/m0/s1. The van der Waals surface area contributed by atoms with Crippen molar-refractivity contribution in [2.45, 2.75) is 12.5 Å². The van der Waals surface area contributed by atoms with E-state index < -0.39 is 0 Å². The van der Waals surface area contributed by atoms with E-state index in [1.165, 1.54) is 0 Å². The molecule has 1 aliphatic rings. The summed E-state index contributed by atoms with van der Waals surface area (Å²) in [5.74, 6) is 0.270. The number of phenolic OH excluding ortho intramolecular Hbond substituents is 1. The molecule has 0 radical (unpaired) electrons. The van der Waals surface area contributed by atoms with Crippen molar-refractivity contribution >= 4 is 15.9 Å². The number of benzene rings is 1. The number of nitrogens with zero attached hydrogens (tertiary/aromatic N) is 1. The number of aromatic hydroxyl groups is 1. The summed E-state index contributed by atoms with van der Waals surface area (Å²) in [7, 11) is 0. The van der Waals surface area contributed by atoms with Gasteiger partial charge in [0.05, 0.1) is 0 Å². The molecule has 100 valence electrons. The van der Waals surface area contributed by atoms with Crippen molar-refractivity contribution in [3.63, 3.8) is 0 Å². The van der Waals surface area contributed by atoms with Gasteiger partial charge in [0.25, 0.3) is 0 Å². The van der Waals surface area contributed by atoms with Crippen LogP contribution < -0.4 is 5.32 Å². The van der Waals surface area contributed by atoms with E-state index in [4.69, 9.17) is 0 Å². The normalized spacial score (nSPS) is 18.8. The van der Waals surface area contributed by atoms with Gasteiger partial charge in [-0.1, -0.05) is 15.9 Å². The van der Waals surface area contributed by atoms with Gasteiger partial charge in [-0.2, -0.15) is 0 Å². The molecule has 0 aromatic heterocycles. The lowest BCUT2D eigenvalue weighted by atomic mass is 10.0. The Kier molecular flexibility index (Phi) is 5.00. The maximum absolute atomic E-state index is 9.64. The molecular formula is C13H19BrN2O2. The van der Waals surface area contributed by atoms with E-state index in [1.807, 2.05) is 6.07 Å². The van der Waals surface area contributed by atoms with Crippen LogP contribution in [0.3, 0.4) is 0 Å². The van der Waals surface area contributed by atoms with Crippen LogP contribution in [-0.4, -0.2) is 47.9 Å². The van der Waals surface area contributed by atoms with Crippen LogP contribution in [0, 0.1) is 0 Å². The highest BCUT2D eigenvalue weighted by Crippen LogP contribution is 2.33. The molecule has 1 atom stereocenters. The van der Waals surface area contributed by atoms with Gasteiger partial charge < -0.3 is 15.5 Å². The van der Waals surface area contributed by atoms with Gasteiger partial charge in [-0.25, -0.2) is 0 Å². The summed E-state index contributed by atoms with van der Waals surface area (Å²) in [6.45, 7) is 4.02. The Morgan fingerprint density at radius 1 is 1.33 bits per heavy atom. The van der Waals surface area contributed by atoms with Crippen LogP contribution in [-0.2, 0) is 0 Å². The van der Waals surface area contributed by atoms with Crippen molar-refractivity contribution in [1.82, 2.24) is 10.2 Å². The largest absolute Gasteiger partial charge is 0.508 e. The highest BCUT2D eigenvalue weighted by atomic mass is 79.9. The lowest BCUT2D eigenvalue weighted by Crippen LogP contribution is -2.45. The smallest absolute Gasteiger partial charge is 0.115 e. The number of phenols is 1. The molecule has 18 heavy (non-hydrogen) atoms. The van der Waals surface area contributed by atoms with Crippen molar-refractivity contribution < 1.29 is 10.2 Å². The Morgan fingerprint density at radius 3 is 2.72 bits per heavy atom. The monoisotopic (exact) mass is 314 g/mol. The summed E-state index contributed by atoms with van der Waals surface area (Å²) < 4.78 is 0.984. The van der Waals surface area contributed by atoms with Gasteiger partial charge in [0.2, 0.25) is 0 Å². The van der Waals surface area contributed by atoms with Gasteiger partial charge in [-0.3, -0.25) is 4.90 Å². The quantitative estimate of drug-likeness (QED) is 0.788. The highest BCUT2D eigenvalue weighted by molar-refractivity contribution is 9.10. The summed E-state index contributed by atoms with van der Waals surface area (Å²) in [4.78, 5) is 2.35. The van der Waals surface area contributed by atoms with Crippen LogP contribution >= 0.6 is 15.9 Å². The molecule has 1 aliphatic heterocycles. The van der Waals surface area contributed by atoms with Crippen molar-refractivity contribution in [1.29, 1.82) is 0 Å². The third-order valence-electron chi connectivity index (χ3n) is 3.33. The zero-order valence-electron chi connectivity index (χ0n) is 10.3. The minimum Gasteiger partial charge on any atom is -0.508 e. The average molecular weight is 315 g/mol. The molecule has 0 aliphatic carbocycles. The van der Waals surface area contributed by atoms with Crippen LogP contribution in [0.4, 0.5) is 0 Å². The lowest BCUT2D eigenvalue weighted by molar-refractivity contribution is 0.140. The number of aliphatic hydroxyl groups excluding tert-OH is 1. The van der Waals surface area contributed by atoms with Crippen molar-refractivity contribution in [3.8, 4) is 5.75 Å². The molecule has 1 saturated heterocycles. The maximum Gasteiger partial charge on any atom is 0.115 e. The van der Waals surface area contributed by atoms with Gasteiger partial charge in [-0.05, 0) is 30.2 Å². The molecule has 5 heteroatoms. The number of hydrogen-bond donors (Lipinski definition) is 3. The van der Waals surface area contributed by atoms with E-state index >= 15 is 0 Å². The lowest BCUT2D eigenvalue weighted by Gasteiger charge is -2.35. The first kappa shape index (κ1) is 13.8. The first-order chi connectivity index (χ1) is 8.72. The number of nitrogens with one attached hydrogen (secondary N) is 1. The Labute approximate surface area is 116 Å². The first-order valence-electron chi connectivity index (χ1n) is 6.26. The van der Waals surface area contributed by atoms with Crippen LogP contribution in [0.15, 0.2) is 22.7 Å². The number of aliphatic hydroxyl groups is 1. The number of hydrogen-bond acceptors (Lipinski definition) is 4. The maximum atomic E-state index is 9.64. The zero-order chi connectivity index (χ0) is 13.0. The fourth-order valence-electron chi connectivity index (χ4n) is 2.44. The Morgan fingerprint density at radius 2 is 2.06 bits per heavy atom. The topological polar surface area (TPSA) is 55.7 Å². The number of rotatable bonds is 4. The van der Waals surface area contributed by atoms with Gasteiger partial charge in [0.15, 0.2) is 0 Å². The third-order valence-corrected chi connectivity index (χ3v) is 4.06. The molecule has 1 aromatic rings. The van der Waals surface area contributed by atoms with E-state index in [9.17, 15) is 10.2 Å². The second-order valence-corrected chi connectivity index (χ2v) is 5.37. The molecular weight excluding hydrogens is 296 g/mol. The molecule has 0 amide bonds. The molecule has 3 N–H and O–H groups in total. The molecule has 0 bridgehead atoms. The number of piperazine rings is 1. The fourth-order valence-corrected chi connectivity index (χ4v) is 2.95. The molecule has 0 unspecified atom stereocenters. The Balaban J connectivity index is 2.24. The fraction of sp³-hybridized carbons (Fsp3) is 0.538. The highest BCUT2D eigenvalue weighted by Gasteiger charge is 2.23. The van der Waals surface area contributed by atoms with E-state index in [0.717, 1.165) is 36.2 Å². The van der Waals surface area contributed by atoms with Crippen LogP contribution in [0.5, 0.6) is 5.75 Å². The van der Waals surface area contributed by atoms with Crippen LogP contribution in [0.2, 0.25) is 0 Å². The summed E-state index contributed by atoms with van der Waals surface area (Å²) >= 11 is 3.53. The predicted molar refractivity (Wildman–Crippen MR) is 74.7 cm³/mol. The van der Waals surface area contributed by atoms with Gasteiger partial charge >= 0.3 is 0 Å². The molecule has 2 rings (SSSR count). The van der Waals surface area contributed by atoms with E-state index in [1.54, 1.807) is 12.1 Å². The number of halogens is 1. The van der Waals surface area contributed by atoms with E-state index in [-0.39, 0.29) is 18.4 Å². The first-order valence-corrected chi connectivity index (χ1v) is 7.05. The second kappa shape index (κ2) is 6.52. The average Bonchev–Trinajstić information content (AvgIpc) is 2.40. The minimum atomic E-state index is 0.149. The summed E-state index contributed by atoms with van der Waals surface area (Å²) in [6.07, 6.45) is 0.683. The van der Waals surface area contributed by atoms with Gasteiger partial charge in [0, 0.05) is 43.3 Å². The van der Waals surface area contributed by atoms with Crippen LogP contribution in [0.1, 0.15) is 18.0 Å². The van der Waals surface area contributed by atoms with Crippen molar-refractivity contribution in [3.05, 3.63) is 28.2 Å². The second-order valence-electron chi connectivity index (χ2n) is 4.52. The van der Waals surface area contributed by atoms with E-state index in [2.05, 4.69) is 26.1 Å². The Hall–Kier alpha value is -0.620. The summed E-state index contributed by atoms with van der Waals surface area (Å²) in [5.41, 5.74) is 1.05. The molecule has 1 heterocycles. The van der Waals surface area contributed by atoms with Crippen molar-refractivity contribution in [2.24, 2.45) is 0 Å². The molecule has 1 fully saturated rings. The molecule has 0 spiro atoms. The Bertz CT molecular complexity index is 395. The summed E-state index contributed by atoms with van der Waals surface area (Å²) in [5, 5.41) is 22.2. The third kappa shape index (κ3) is 3.23. The molecule has 0 saturated carbocycles. The zero-order valence-corrected chi connectivity index (χ0v) is 11.9. The SMILES string of the molecule is OCC[C@@H](c1cc(O)ccc1Br)N1CCNCC1. The molecule has 1 aromatic carbocycles. The molecule has 4 nitrogen and oxygen atoms in total.